The van der Waals surface area contributed by atoms with E-state index >= 15 is 0 Å². The van der Waals surface area contributed by atoms with Gasteiger partial charge in [-0.15, -0.1) is 0 Å². The Morgan fingerprint density at radius 2 is 2.06 bits per heavy atom. The number of hydrogen-bond donors (Lipinski definition) is 1. The highest BCUT2D eigenvalue weighted by molar-refractivity contribution is 6.01. The molecule has 0 saturated carbocycles. The van der Waals surface area contributed by atoms with Crippen molar-refractivity contribution in [2.45, 2.75) is 6.92 Å². The van der Waals surface area contributed by atoms with Crippen LogP contribution >= 0.6 is 0 Å². The molecule has 0 unspecified atom stereocenters. The van der Waals surface area contributed by atoms with E-state index in [0.29, 0.717) is 0 Å². The molecule has 17 heavy (non-hydrogen) atoms. The third-order valence-electron chi connectivity index (χ3n) is 1.93. The smallest absolute Gasteiger partial charge is 0.339 e. The van der Waals surface area contributed by atoms with E-state index in [1.165, 1.54) is 20.1 Å². The van der Waals surface area contributed by atoms with Crippen LogP contribution in [-0.2, 0) is 9.53 Å². The molecule has 0 bridgehead atoms. The number of benzene rings is 1. The second-order valence-electron chi connectivity index (χ2n) is 3.16. The Hall–Kier alpha value is -2.44. The number of nitro benzene ring substituents is 1. The summed E-state index contributed by atoms with van der Waals surface area (Å²) in [5.74, 6) is -1.11. The van der Waals surface area contributed by atoms with Crippen LogP contribution in [0.25, 0.3) is 0 Å². The highest BCUT2D eigenvalue weighted by atomic mass is 16.6. The Morgan fingerprint density at radius 1 is 1.41 bits per heavy atom. The Bertz CT molecular complexity index is 484. The van der Waals surface area contributed by atoms with Crippen molar-refractivity contribution in [3.8, 4) is 0 Å². The number of anilines is 1. The molecule has 0 aliphatic heterocycles. The number of esters is 1. The van der Waals surface area contributed by atoms with Gasteiger partial charge in [-0.3, -0.25) is 14.9 Å². The summed E-state index contributed by atoms with van der Waals surface area (Å²) in [7, 11) is 1.18. The van der Waals surface area contributed by atoms with Gasteiger partial charge < -0.3 is 10.1 Å². The zero-order valence-electron chi connectivity index (χ0n) is 9.22. The van der Waals surface area contributed by atoms with E-state index in [1.807, 2.05) is 0 Å². The number of rotatable bonds is 3. The van der Waals surface area contributed by atoms with Crippen LogP contribution in [0.5, 0.6) is 0 Å². The molecule has 1 aromatic carbocycles. The van der Waals surface area contributed by atoms with E-state index in [-0.39, 0.29) is 16.9 Å². The van der Waals surface area contributed by atoms with Crippen LogP contribution in [0.3, 0.4) is 0 Å². The predicted octanol–water partition coefficient (Wildman–Crippen LogP) is 1.34. The largest absolute Gasteiger partial charge is 0.465 e. The number of hydrogen-bond acceptors (Lipinski definition) is 5. The summed E-state index contributed by atoms with van der Waals surface area (Å²) in [6.45, 7) is 1.24. The van der Waals surface area contributed by atoms with E-state index in [9.17, 15) is 19.7 Å². The number of methoxy groups -OCH3 is 1. The van der Waals surface area contributed by atoms with E-state index in [1.54, 1.807) is 0 Å². The van der Waals surface area contributed by atoms with Crippen LogP contribution in [0.15, 0.2) is 18.2 Å². The first-order chi connectivity index (χ1) is 7.95. The quantitative estimate of drug-likeness (QED) is 0.486. The fraction of sp³-hybridized carbons (Fsp3) is 0.200. The standard InChI is InChI=1S/C10H10N2O5/c1-6(13)11-9-5-7(12(15)16)3-4-8(9)10(14)17-2/h3-5H,1-2H3,(H,11,13). The van der Waals surface area contributed by atoms with Gasteiger partial charge in [0.15, 0.2) is 0 Å². The molecule has 0 aliphatic rings. The van der Waals surface area contributed by atoms with Crippen LogP contribution in [0.1, 0.15) is 17.3 Å². The van der Waals surface area contributed by atoms with Crippen LogP contribution in [0, 0.1) is 10.1 Å². The maximum Gasteiger partial charge on any atom is 0.339 e. The van der Waals surface area contributed by atoms with Crippen molar-refractivity contribution >= 4 is 23.3 Å². The number of non-ortho nitro benzene ring substituents is 1. The van der Waals surface area contributed by atoms with Crippen LogP contribution in [0.2, 0.25) is 0 Å². The van der Waals surface area contributed by atoms with Crippen molar-refractivity contribution in [3.63, 3.8) is 0 Å². The molecule has 7 heteroatoms. The first-order valence-corrected chi connectivity index (χ1v) is 4.60. The molecular weight excluding hydrogens is 228 g/mol. The first kappa shape index (κ1) is 12.6. The Morgan fingerprint density at radius 3 is 2.53 bits per heavy atom. The Kier molecular flexibility index (Phi) is 3.76. The number of nitro groups is 1. The van der Waals surface area contributed by atoms with E-state index in [2.05, 4.69) is 10.1 Å². The third-order valence-corrected chi connectivity index (χ3v) is 1.93. The second kappa shape index (κ2) is 5.06. The van der Waals surface area contributed by atoms with Gasteiger partial charge in [0.25, 0.3) is 5.69 Å². The van der Waals surface area contributed by atoms with Crippen molar-refractivity contribution in [2.75, 3.05) is 12.4 Å². The van der Waals surface area contributed by atoms with Crippen LogP contribution in [0.4, 0.5) is 11.4 Å². The number of ether oxygens (including phenoxy) is 1. The number of amides is 1. The molecule has 1 rings (SSSR count). The summed E-state index contributed by atoms with van der Waals surface area (Å²) < 4.78 is 4.50. The summed E-state index contributed by atoms with van der Waals surface area (Å²) in [6.07, 6.45) is 0. The van der Waals surface area contributed by atoms with Gasteiger partial charge in [-0.2, -0.15) is 0 Å². The molecule has 1 aromatic rings. The lowest BCUT2D eigenvalue weighted by Gasteiger charge is -2.07. The first-order valence-electron chi connectivity index (χ1n) is 4.60. The summed E-state index contributed by atoms with van der Waals surface area (Å²) in [4.78, 5) is 32.2. The topological polar surface area (TPSA) is 98.5 Å². The molecule has 0 aliphatic carbocycles. The zero-order chi connectivity index (χ0) is 13.0. The zero-order valence-corrected chi connectivity index (χ0v) is 9.22. The highest BCUT2D eigenvalue weighted by Crippen LogP contribution is 2.23. The molecule has 7 nitrogen and oxygen atoms in total. The number of carbonyl (C=O) groups is 2. The molecule has 90 valence electrons. The molecule has 1 N–H and O–H groups in total. The summed E-state index contributed by atoms with van der Waals surface area (Å²) in [5, 5.41) is 12.9. The second-order valence-corrected chi connectivity index (χ2v) is 3.16. The molecule has 0 saturated heterocycles. The van der Waals surface area contributed by atoms with Gasteiger partial charge in [0, 0.05) is 19.1 Å². The number of nitrogens with zero attached hydrogens (tertiary/aromatic N) is 1. The molecule has 0 heterocycles. The monoisotopic (exact) mass is 238 g/mol. The molecule has 0 aromatic heterocycles. The van der Waals surface area contributed by atoms with Crippen molar-refractivity contribution in [3.05, 3.63) is 33.9 Å². The lowest BCUT2D eigenvalue weighted by Crippen LogP contribution is -2.12. The van der Waals surface area contributed by atoms with Gasteiger partial charge in [-0.1, -0.05) is 0 Å². The maximum atomic E-state index is 11.4. The van der Waals surface area contributed by atoms with E-state index < -0.39 is 16.8 Å². The lowest BCUT2D eigenvalue weighted by molar-refractivity contribution is -0.384. The maximum absolute atomic E-state index is 11.4. The fourth-order valence-electron chi connectivity index (χ4n) is 1.23. The normalized spacial score (nSPS) is 9.53. The predicted molar refractivity (Wildman–Crippen MR) is 58.7 cm³/mol. The SMILES string of the molecule is COC(=O)c1ccc([N+](=O)[O-])cc1NC(C)=O. The number of nitrogens with one attached hydrogen (secondary N) is 1. The van der Waals surface area contributed by atoms with Gasteiger partial charge in [0.05, 0.1) is 23.3 Å². The molecule has 0 fully saturated rings. The molecule has 0 spiro atoms. The van der Waals surface area contributed by atoms with Crippen molar-refractivity contribution < 1.29 is 19.2 Å². The minimum absolute atomic E-state index is 0.0542. The summed E-state index contributed by atoms with van der Waals surface area (Å²) in [5.41, 5.74) is -0.103. The minimum Gasteiger partial charge on any atom is -0.465 e. The van der Waals surface area contributed by atoms with Gasteiger partial charge in [-0.05, 0) is 6.07 Å². The Labute approximate surface area is 96.5 Å². The molecule has 0 atom stereocenters. The average Bonchev–Trinajstić information content (AvgIpc) is 2.27. The minimum atomic E-state index is -0.677. The summed E-state index contributed by atoms with van der Waals surface area (Å²) >= 11 is 0. The fourth-order valence-corrected chi connectivity index (χ4v) is 1.23. The van der Waals surface area contributed by atoms with Crippen molar-refractivity contribution in [2.24, 2.45) is 0 Å². The van der Waals surface area contributed by atoms with Gasteiger partial charge in [0.1, 0.15) is 0 Å². The van der Waals surface area contributed by atoms with Crippen molar-refractivity contribution in [1.82, 2.24) is 0 Å². The Balaban J connectivity index is 3.25. The van der Waals surface area contributed by atoms with Crippen LogP contribution in [-0.4, -0.2) is 23.9 Å². The average molecular weight is 238 g/mol. The van der Waals surface area contributed by atoms with Gasteiger partial charge in [0.2, 0.25) is 5.91 Å². The van der Waals surface area contributed by atoms with Crippen molar-refractivity contribution in [1.29, 1.82) is 0 Å². The van der Waals surface area contributed by atoms with Gasteiger partial charge >= 0.3 is 5.97 Å². The van der Waals surface area contributed by atoms with E-state index in [0.717, 1.165) is 12.1 Å². The summed E-state index contributed by atoms with van der Waals surface area (Å²) in [6, 6.07) is 3.50. The van der Waals surface area contributed by atoms with E-state index in [4.69, 9.17) is 0 Å². The number of carbonyl (C=O) groups excluding carboxylic acids is 2. The molecular formula is C10H10N2O5. The lowest BCUT2D eigenvalue weighted by atomic mass is 10.1. The van der Waals surface area contributed by atoms with Crippen LogP contribution < -0.4 is 5.32 Å². The van der Waals surface area contributed by atoms with Gasteiger partial charge in [-0.25, -0.2) is 4.79 Å². The molecule has 1 amide bonds. The highest BCUT2D eigenvalue weighted by Gasteiger charge is 2.17. The third kappa shape index (κ3) is 3.00. The molecule has 0 radical (unpaired) electrons.